The molecule has 30 heavy (non-hydrogen) atoms. The van der Waals surface area contributed by atoms with E-state index in [2.05, 4.69) is 5.32 Å². The van der Waals surface area contributed by atoms with Crippen molar-refractivity contribution < 1.29 is 22.7 Å². The molecule has 2 aromatic rings. The Hall–Kier alpha value is -2.45. The lowest BCUT2D eigenvalue weighted by Crippen LogP contribution is -2.39. The molecule has 0 aliphatic carbocycles. The monoisotopic (exact) mass is 454 g/mol. The number of ether oxygens (including phenoxy) is 2. The minimum Gasteiger partial charge on any atom is -0.492 e. The van der Waals surface area contributed by atoms with Crippen molar-refractivity contribution in [3.63, 3.8) is 0 Å². The molecule has 0 saturated heterocycles. The number of carbonyl (C=O) groups is 1. The Bertz CT molecular complexity index is 964. The third-order valence-electron chi connectivity index (χ3n) is 4.45. The van der Waals surface area contributed by atoms with E-state index in [1.165, 1.54) is 11.4 Å². The van der Waals surface area contributed by atoms with E-state index in [1.54, 1.807) is 30.3 Å². The quantitative estimate of drug-likeness (QED) is 0.556. The molecule has 0 heterocycles. The van der Waals surface area contributed by atoms with E-state index in [-0.39, 0.29) is 5.91 Å². The van der Waals surface area contributed by atoms with E-state index in [0.717, 1.165) is 11.8 Å². The summed E-state index contributed by atoms with van der Waals surface area (Å²) in [5.41, 5.74) is 1.48. The number of hydrogen-bond donors (Lipinski definition) is 1. The Morgan fingerprint density at radius 1 is 1.17 bits per heavy atom. The Kier molecular flexibility index (Phi) is 8.37. The number of hydrogen-bond acceptors (Lipinski definition) is 5. The first kappa shape index (κ1) is 23.8. The van der Waals surface area contributed by atoms with Crippen LogP contribution in [0.2, 0.25) is 5.02 Å². The maximum atomic E-state index is 12.4. The van der Waals surface area contributed by atoms with Crippen LogP contribution >= 0.6 is 11.6 Å². The molecule has 1 atom stereocenters. The van der Waals surface area contributed by atoms with Gasteiger partial charge in [-0.05, 0) is 55.3 Å². The predicted octanol–water partition coefficient (Wildman–Crippen LogP) is 3.40. The molecule has 0 spiro atoms. The van der Waals surface area contributed by atoms with Crippen LogP contribution in [0, 0.1) is 6.92 Å². The van der Waals surface area contributed by atoms with E-state index < -0.39 is 16.1 Å². The van der Waals surface area contributed by atoms with Gasteiger partial charge in [-0.15, -0.1) is 0 Å². The van der Waals surface area contributed by atoms with Crippen LogP contribution in [0.5, 0.6) is 11.5 Å². The number of nitrogens with one attached hydrogen (secondary N) is 1. The highest BCUT2D eigenvalue weighted by atomic mass is 35.5. The third kappa shape index (κ3) is 6.81. The molecule has 2 aromatic carbocycles. The molecule has 0 aromatic heterocycles. The predicted molar refractivity (Wildman–Crippen MR) is 119 cm³/mol. The van der Waals surface area contributed by atoms with Crippen molar-refractivity contribution in [1.29, 1.82) is 0 Å². The first-order valence-corrected chi connectivity index (χ1v) is 11.7. The summed E-state index contributed by atoms with van der Waals surface area (Å²) in [7, 11) is -1.87. The summed E-state index contributed by atoms with van der Waals surface area (Å²) >= 11 is 6.06. The van der Waals surface area contributed by atoms with Gasteiger partial charge in [-0.3, -0.25) is 9.10 Å². The zero-order chi connectivity index (χ0) is 22.3. The molecular formula is C21H27ClN2O5S. The molecular weight excluding hydrogens is 428 g/mol. The van der Waals surface area contributed by atoms with Gasteiger partial charge in [0.2, 0.25) is 10.0 Å². The van der Waals surface area contributed by atoms with Gasteiger partial charge in [-0.25, -0.2) is 8.42 Å². The number of benzene rings is 2. The number of aryl methyl sites for hydroxylation is 1. The summed E-state index contributed by atoms with van der Waals surface area (Å²) in [6.45, 7) is 4.38. The number of amides is 1. The Balaban J connectivity index is 1.84. The second kappa shape index (κ2) is 10.5. The number of nitrogens with zero attached hydrogens (tertiary/aromatic N) is 1. The highest BCUT2D eigenvalue weighted by molar-refractivity contribution is 7.92. The zero-order valence-corrected chi connectivity index (χ0v) is 19.1. The largest absolute Gasteiger partial charge is 0.492 e. The normalized spacial score (nSPS) is 12.2. The molecule has 0 bridgehead atoms. The van der Waals surface area contributed by atoms with Gasteiger partial charge in [0.15, 0.2) is 6.10 Å². The molecule has 1 amide bonds. The van der Waals surface area contributed by atoms with Gasteiger partial charge in [0.25, 0.3) is 5.91 Å². The molecule has 164 valence electrons. The summed E-state index contributed by atoms with van der Waals surface area (Å²) in [5.74, 6) is 0.871. The Morgan fingerprint density at radius 2 is 1.80 bits per heavy atom. The molecule has 0 aliphatic rings. The van der Waals surface area contributed by atoms with Crippen molar-refractivity contribution in [2.24, 2.45) is 0 Å². The minimum absolute atomic E-state index is 0.250. The van der Waals surface area contributed by atoms with E-state index in [9.17, 15) is 13.2 Å². The average Bonchev–Trinajstić information content (AvgIpc) is 2.71. The van der Waals surface area contributed by atoms with E-state index in [1.807, 2.05) is 26.0 Å². The van der Waals surface area contributed by atoms with E-state index in [4.69, 9.17) is 21.1 Å². The molecule has 0 radical (unpaired) electrons. The molecule has 0 fully saturated rings. The van der Waals surface area contributed by atoms with Gasteiger partial charge in [0, 0.05) is 12.1 Å². The minimum atomic E-state index is -3.34. The van der Waals surface area contributed by atoms with Crippen LogP contribution in [0.4, 0.5) is 5.69 Å². The van der Waals surface area contributed by atoms with Crippen molar-refractivity contribution in [3.8, 4) is 11.5 Å². The fourth-order valence-electron chi connectivity index (χ4n) is 2.53. The molecule has 0 unspecified atom stereocenters. The maximum Gasteiger partial charge on any atom is 0.261 e. The molecule has 1 N–H and O–H groups in total. The lowest BCUT2D eigenvalue weighted by atomic mass is 10.2. The number of halogens is 1. The molecule has 0 saturated carbocycles. The topological polar surface area (TPSA) is 84.9 Å². The van der Waals surface area contributed by atoms with Gasteiger partial charge >= 0.3 is 0 Å². The van der Waals surface area contributed by atoms with Crippen molar-refractivity contribution in [3.05, 3.63) is 53.1 Å². The fourth-order valence-corrected chi connectivity index (χ4v) is 3.21. The van der Waals surface area contributed by atoms with Crippen LogP contribution in [0.15, 0.2) is 42.5 Å². The highest BCUT2D eigenvalue weighted by Crippen LogP contribution is 2.22. The lowest BCUT2D eigenvalue weighted by Gasteiger charge is -2.19. The van der Waals surface area contributed by atoms with Crippen molar-refractivity contribution in [2.75, 3.05) is 30.8 Å². The van der Waals surface area contributed by atoms with Crippen molar-refractivity contribution in [2.45, 2.75) is 26.4 Å². The van der Waals surface area contributed by atoms with Crippen LogP contribution in [0.3, 0.4) is 0 Å². The van der Waals surface area contributed by atoms with Gasteiger partial charge < -0.3 is 14.8 Å². The Labute approximate surface area is 183 Å². The first-order valence-electron chi connectivity index (χ1n) is 9.49. The van der Waals surface area contributed by atoms with Gasteiger partial charge in [-0.2, -0.15) is 0 Å². The SMILES string of the molecule is CC[C@H](Oc1ccc(N(C)S(C)(=O)=O)cc1)C(=O)NCCOc1ccc(C)c(Cl)c1. The molecule has 9 heteroatoms. The zero-order valence-electron chi connectivity index (χ0n) is 17.5. The number of anilines is 1. The average molecular weight is 455 g/mol. The third-order valence-corrected chi connectivity index (χ3v) is 6.07. The molecule has 7 nitrogen and oxygen atoms in total. The number of rotatable bonds is 10. The smallest absolute Gasteiger partial charge is 0.261 e. The summed E-state index contributed by atoms with van der Waals surface area (Å²) in [5, 5.41) is 3.42. The number of carbonyl (C=O) groups excluding carboxylic acids is 1. The van der Waals surface area contributed by atoms with Gasteiger partial charge in [-0.1, -0.05) is 24.6 Å². The second-order valence-corrected chi connectivity index (χ2v) is 9.21. The lowest BCUT2D eigenvalue weighted by molar-refractivity contribution is -0.128. The van der Waals surface area contributed by atoms with Crippen molar-refractivity contribution in [1.82, 2.24) is 5.32 Å². The van der Waals surface area contributed by atoms with Crippen LogP contribution in [-0.4, -0.2) is 46.9 Å². The molecule has 2 rings (SSSR count). The second-order valence-electron chi connectivity index (χ2n) is 6.79. The standard InChI is InChI=1S/C21H27ClN2O5S/c1-5-20(29-17-10-7-16(8-11-17)24(3)30(4,26)27)21(25)23-12-13-28-18-9-6-15(2)19(22)14-18/h6-11,14,20H,5,12-13H2,1-4H3,(H,23,25)/t20-/m0/s1. The number of sulfonamides is 1. The van der Waals surface area contributed by atoms with E-state index in [0.29, 0.717) is 41.8 Å². The van der Waals surface area contributed by atoms with Gasteiger partial charge in [0.1, 0.15) is 18.1 Å². The van der Waals surface area contributed by atoms with E-state index >= 15 is 0 Å². The Morgan fingerprint density at radius 3 is 2.37 bits per heavy atom. The van der Waals surface area contributed by atoms with Gasteiger partial charge in [0.05, 0.1) is 18.5 Å². The van der Waals surface area contributed by atoms with Crippen LogP contribution in [0.1, 0.15) is 18.9 Å². The van der Waals surface area contributed by atoms with Crippen LogP contribution in [-0.2, 0) is 14.8 Å². The maximum absolute atomic E-state index is 12.4. The first-order chi connectivity index (χ1) is 14.1. The fraction of sp³-hybridized carbons (Fsp3) is 0.381. The summed E-state index contributed by atoms with van der Waals surface area (Å²) in [4.78, 5) is 12.4. The van der Waals surface area contributed by atoms with Crippen LogP contribution < -0.4 is 19.1 Å². The summed E-state index contributed by atoms with van der Waals surface area (Å²) in [6, 6.07) is 12.0. The highest BCUT2D eigenvalue weighted by Gasteiger charge is 2.18. The van der Waals surface area contributed by atoms with Crippen LogP contribution in [0.25, 0.3) is 0 Å². The summed E-state index contributed by atoms with van der Waals surface area (Å²) in [6.07, 6.45) is 0.939. The summed E-state index contributed by atoms with van der Waals surface area (Å²) < 4.78 is 35.7. The molecule has 0 aliphatic heterocycles. The van der Waals surface area contributed by atoms with Crippen molar-refractivity contribution >= 4 is 33.2 Å².